The number of carbonyl (C=O) groups is 1. The fourth-order valence-corrected chi connectivity index (χ4v) is 2.03. The average molecular weight is 264 g/mol. The highest BCUT2D eigenvalue weighted by atomic mass is 16.5. The van der Waals surface area contributed by atoms with Gasteiger partial charge in [0.25, 0.3) is 5.91 Å². The smallest absolute Gasteiger partial charge is 0.271 e. The first kappa shape index (κ1) is 13.7. The molecule has 0 aromatic carbocycles. The van der Waals surface area contributed by atoms with E-state index in [0.29, 0.717) is 24.2 Å². The molecule has 0 radical (unpaired) electrons. The average Bonchev–Trinajstić information content (AvgIpc) is 2.93. The predicted molar refractivity (Wildman–Crippen MR) is 72.1 cm³/mol. The molecule has 19 heavy (non-hydrogen) atoms. The summed E-state index contributed by atoms with van der Waals surface area (Å²) in [6.07, 6.45) is 6.41. The maximum absolute atomic E-state index is 11.8. The molecule has 1 aromatic heterocycles. The van der Waals surface area contributed by atoms with Gasteiger partial charge in [-0.2, -0.15) is 0 Å². The van der Waals surface area contributed by atoms with Gasteiger partial charge in [-0.15, -0.1) is 0 Å². The maximum atomic E-state index is 11.8. The van der Waals surface area contributed by atoms with E-state index < -0.39 is 0 Å². The summed E-state index contributed by atoms with van der Waals surface area (Å²) in [6, 6.07) is 0. The summed E-state index contributed by atoms with van der Waals surface area (Å²) in [4.78, 5) is 20.0. The number of hydrogen-bond donors (Lipinski definition) is 2. The van der Waals surface area contributed by atoms with Crippen LogP contribution in [0.25, 0.3) is 0 Å². The minimum absolute atomic E-state index is 0.187. The summed E-state index contributed by atoms with van der Waals surface area (Å²) in [5.74, 6) is 0.493. The fourth-order valence-electron chi connectivity index (χ4n) is 2.03. The lowest BCUT2D eigenvalue weighted by Crippen LogP contribution is -2.27. The number of carbonyl (C=O) groups excluding carboxylic acids is 1. The van der Waals surface area contributed by atoms with Crippen molar-refractivity contribution >= 4 is 11.7 Å². The zero-order valence-electron chi connectivity index (χ0n) is 11.2. The van der Waals surface area contributed by atoms with Crippen LogP contribution in [-0.2, 0) is 4.74 Å². The maximum Gasteiger partial charge on any atom is 0.271 e. The summed E-state index contributed by atoms with van der Waals surface area (Å²) in [7, 11) is 0. The number of nitrogens with zero attached hydrogens (tertiary/aromatic N) is 2. The van der Waals surface area contributed by atoms with Gasteiger partial charge in [-0.3, -0.25) is 4.79 Å². The van der Waals surface area contributed by atoms with Crippen molar-refractivity contribution in [3.05, 3.63) is 18.1 Å². The molecule has 2 rings (SSSR count). The molecule has 1 atom stereocenters. The second-order valence-electron chi connectivity index (χ2n) is 4.50. The summed E-state index contributed by atoms with van der Waals surface area (Å²) < 4.78 is 5.50. The first-order valence-corrected chi connectivity index (χ1v) is 6.75. The van der Waals surface area contributed by atoms with Gasteiger partial charge in [-0.25, -0.2) is 9.97 Å². The lowest BCUT2D eigenvalue weighted by atomic mass is 10.2. The Hall–Kier alpha value is -1.69. The van der Waals surface area contributed by atoms with Crippen LogP contribution in [0, 0.1) is 0 Å². The topological polar surface area (TPSA) is 76.1 Å². The molecular weight excluding hydrogens is 244 g/mol. The van der Waals surface area contributed by atoms with Gasteiger partial charge in [-0.1, -0.05) is 0 Å². The number of anilines is 1. The van der Waals surface area contributed by atoms with Crippen molar-refractivity contribution in [2.75, 3.05) is 25.0 Å². The third kappa shape index (κ3) is 4.17. The van der Waals surface area contributed by atoms with Crippen LogP contribution < -0.4 is 10.6 Å². The standard InChI is InChI=1S/C13H20N4O2/c1-2-14-12-9-16-11(8-17-12)13(18)15-6-5-10-4-3-7-19-10/h8-10H,2-7H2,1H3,(H,14,17)(H,15,18). The van der Waals surface area contributed by atoms with Crippen molar-refractivity contribution in [2.24, 2.45) is 0 Å². The van der Waals surface area contributed by atoms with E-state index in [4.69, 9.17) is 4.74 Å². The SMILES string of the molecule is CCNc1cnc(C(=O)NCCC2CCCO2)cn1. The molecule has 1 aliphatic rings. The Morgan fingerprint density at radius 1 is 1.47 bits per heavy atom. The molecule has 6 nitrogen and oxygen atoms in total. The lowest BCUT2D eigenvalue weighted by molar-refractivity contribution is 0.0903. The van der Waals surface area contributed by atoms with Crippen LogP contribution in [-0.4, -0.2) is 41.7 Å². The van der Waals surface area contributed by atoms with Gasteiger partial charge in [0.1, 0.15) is 11.5 Å². The van der Waals surface area contributed by atoms with Crippen LogP contribution in [0.4, 0.5) is 5.82 Å². The number of ether oxygens (including phenoxy) is 1. The molecule has 1 aliphatic heterocycles. The monoisotopic (exact) mass is 264 g/mol. The first-order chi connectivity index (χ1) is 9.29. The molecule has 1 unspecified atom stereocenters. The van der Waals surface area contributed by atoms with E-state index in [1.165, 1.54) is 6.20 Å². The number of hydrogen-bond acceptors (Lipinski definition) is 5. The van der Waals surface area contributed by atoms with Crippen LogP contribution in [0.15, 0.2) is 12.4 Å². The van der Waals surface area contributed by atoms with E-state index in [0.717, 1.165) is 32.4 Å². The molecule has 1 saturated heterocycles. The highest BCUT2D eigenvalue weighted by Gasteiger charge is 2.15. The first-order valence-electron chi connectivity index (χ1n) is 6.75. The molecule has 1 fully saturated rings. The third-order valence-electron chi connectivity index (χ3n) is 3.02. The van der Waals surface area contributed by atoms with Gasteiger partial charge in [0.15, 0.2) is 0 Å². The summed E-state index contributed by atoms with van der Waals surface area (Å²) >= 11 is 0. The van der Waals surface area contributed by atoms with Crippen molar-refractivity contribution in [1.82, 2.24) is 15.3 Å². The Morgan fingerprint density at radius 2 is 2.37 bits per heavy atom. The summed E-state index contributed by atoms with van der Waals surface area (Å²) in [6.45, 7) is 4.21. The normalized spacial score (nSPS) is 18.3. The van der Waals surface area contributed by atoms with E-state index >= 15 is 0 Å². The Kier molecular flexibility index (Phi) is 5.09. The molecular formula is C13H20N4O2. The molecule has 1 amide bonds. The number of amides is 1. The van der Waals surface area contributed by atoms with Crippen LogP contribution >= 0.6 is 0 Å². The predicted octanol–water partition coefficient (Wildman–Crippen LogP) is 1.21. The molecule has 2 heterocycles. The van der Waals surface area contributed by atoms with Crippen molar-refractivity contribution in [3.63, 3.8) is 0 Å². The summed E-state index contributed by atoms with van der Waals surface area (Å²) in [5.41, 5.74) is 0.342. The Bertz CT molecular complexity index is 402. The van der Waals surface area contributed by atoms with E-state index in [2.05, 4.69) is 20.6 Å². The van der Waals surface area contributed by atoms with Gasteiger partial charge in [0, 0.05) is 19.7 Å². The van der Waals surface area contributed by atoms with Crippen molar-refractivity contribution in [2.45, 2.75) is 32.3 Å². The molecule has 104 valence electrons. The quantitative estimate of drug-likeness (QED) is 0.807. The number of aromatic nitrogens is 2. The second-order valence-corrected chi connectivity index (χ2v) is 4.50. The summed E-state index contributed by atoms with van der Waals surface area (Å²) in [5, 5.41) is 5.87. The van der Waals surface area contributed by atoms with Gasteiger partial charge in [0.05, 0.1) is 18.5 Å². The van der Waals surface area contributed by atoms with Crippen LogP contribution in [0.2, 0.25) is 0 Å². The minimum atomic E-state index is -0.187. The van der Waals surface area contributed by atoms with Gasteiger partial charge in [0.2, 0.25) is 0 Å². The molecule has 2 N–H and O–H groups in total. The van der Waals surface area contributed by atoms with E-state index in [9.17, 15) is 4.79 Å². The molecule has 6 heteroatoms. The largest absolute Gasteiger partial charge is 0.378 e. The van der Waals surface area contributed by atoms with E-state index in [-0.39, 0.29) is 5.91 Å². The molecule has 0 aliphatic carbocycles. The fraction of sp³-hybridized carbons (Fsp3) is 0.615. The molecule has 0 saturated carbocycles. The van der Waals surface area contributed by atoms with Crippen molar-refractivity contribution in [1.29, 1.82) is 0 Å². The van der Waals surface area contributed by atoms with Crippen LogP contribution in [0.3, 0.4) is 0 Å². The van der Waals surface area contributed by atoms with Gasteiger partial charge < -0.3 is 15.4 Å². The second kappa shape index (κ2) is 7.04. The zero-order valence-corrected chi connectivity index (χ0v) is 11.2. The Morgan fingerprint density at radius 3 is 3.00 bits per heavy atom. The highest BCUT2D eigenvalue weighted by molar-refractivity contribution is 5.91. The zero-order chi connectivity index (χ0) is 13.5. The van der Waals surface area contributed by atoms with Gasteiger partial charge in [-0.05, 0) is 26.2 Å². The van der Waals surface area contributed by atoms with E-state index in [1.807, 2.05) is 6.92 Å². The number of rotatable bonds is 6. The van der Waals surface area contributed by atoms with Crippen molar-refractivity contribution < 1.29 is 9.53 Å². The molecule has 0 spiro atoms. The van der Waals surface area contributed by atoms with Crippen molar-refractivity contribution in [3.8, 4) is 0 Å². The molecule has 0 bridgehead atoms. The van der Waals surface area contributed by atoms with Crippen LogP contribution in [0.1, 0.15) is 36.7 Å². The van der Waals surface area contributed by atoms with Crippen LogP contribution in [0.5, 0.6) is 0 Å². The van der Waals surface area contributed by atoms with Gasteiger partial charge >= 0.3 is 0 Å². The number of nitrogens with one attached hydrogen (secondary N) is 2. The molecule has 1 aromatic rings. The third-order valence-corrected chi connectivity index (χ3v) is 3.02. The minimum Gasteiger partial charge on any atom is -0.378 e. The highest BCUT2D eigenvalue weighted by Crippen LogP contribution is 2.14. The Labute approximate surface area is 113 Å². The lowest BCUT2D eigenvalue weighted by Gasteiger charge is -2.09. The van der Waals surface area contributed by atoms with E-state index in [1.54, 1.807) is 6.20 Å². The Balaban J connectivity index is 1.75.